The predicted octanol–water partition coefficient (Wildman–Crippen LogP) is 5.29. The lowest BCUT2D eigenvalue weighted by Gasteiger charge is -2.25. The Bertz CT molecular complexity index is 926. The van der Waals surface area contributed by atoms with Crippen LogP contribution in [0, 0.1) is 0 Å². The summed E-state index contributed by atoms with van der Waals surface area (Å²) in [7, 11) is 0. The molecule has 0 aliphatic rings. The minimum atomic E-state index is -0.530. The van der Waals surface area contributed by atoms with Gasteiger partial charge in [0, 0.05) is 20.1 Å². The average molecular weight is 474 g/mol. The van der Waals surface area contributed by atoms with Gasteiger partial charge in [-0.1, -0.05) is 24.3 Å². The van der Waals surface area contributed by atoms with Crippen molar-refractivity contribution in [3.8, 4) is 0 Å². The molecule has 3 rings (SSSR count). The highest BCUT2D eigenvalue weighted by Gasteiger charge is 2.23. The Morgan fingerprint density at radius 2 is 1.12 bits per heavy atom. The lowest BCUT2D eigenvalue weighted by Crippen LogP contribution is -2.26. The summed E-state index contributed by atoms with van der Waals surface area (Å²) in [6.07, 6.45) is 0. The molecule has 0 aliphatic carbocycles. The smallest absolute Gasteiger partial charge is 0.262 e. The molecule has 0 fully saturated rings. The number of nitrogens with two attached hydrogens (primary N) is 1. The Hall–Kier alpha value is -2.44. The highest BCUT2D eigenvalue weighted by molar-refractivity contribution is 9.11. The van der Waals surface area contributed by atoms with Crippen LogP contribution in [0.5, 0.6) is 0 Å². The number of hydrogen-bond donors (Lipinski definition) is 1. The molecule has 0 heterocycles. The van der Waals surface area contributed by atoms with Gasteiger partial charge in [-0.25, -0.2) is 0 Å². The molecule has 2 amide bonds. The molecule has 26 heavy (non-hydrogen) atoms. The second-order valence-electron chi connectivity index (χ2n) is 5.48. The van der Waals surface area contributed by atoms with Gasteiger partial charge < -0.3 is 5.73 Å². The lowest BCUT2D eigenvalue weighted by molar-refractivity contribution is 0.0988. The molecule has 3 aromatic rings. The van der Waals surface area contributed by atoms with Gasteiger partial charge in [0.25, 0.3) is 5.91 Å². The molecule has 0 spiro atoms. The van der Waals surface area contributed by atoms with Gasteiger partial charge in [-0.3, -0.25) is 14.5 Å². The van der Waals surface area contributed by atoms with E-state index >= 15 is 0 Å². The highest BCUT2D eigenvalue weighted by Crippen LogP contribution is 2.37. The van der Waals surface area contributed by atoms with Crippen LogP contribution in [-0.4, -0.2) is 11.8 Å². The zero-order valence-electron chi connectivity index (χ0n) is 13.5. The van der Waals surface area contributed by atoms with Crippen molar-refractivity contribution in [2.24, 2.45) is 5.73 Å². The van der Waals surface area contributed by atoms with Gasteiger partial charge in [-0.05, 0) is 80.4 Å². The van der Waals surface area contributed by atoms with Crippen molar-refractivity contribution >= 4 is 55.0 Å². The van der Waals surface area contributed by atoms with Crippen molar-refractivity contribution in [2.75, 3.05) is 4.90 Å². The maximum Gasteiger partial charge on any atom is 0.262 e. The van der Waals surface area contributed by atoms with Gasteiger partial charge in [-0.2, -0.15) is 0 Å². The largest absolute Gasteiger partial charge is 0.366 e. The van der Waals surface area contributed by atoms with E-state index in [1.807, 2.05) is 48.5 Å². The first-order valence-corrected chi connectivity index (χ1v) is 9.31. The fourth-order valence-corrected chi connectivity index (χ4v) is 3.45. The number of benzene rings is 3. The summed E-state index contributed by atoms with van der Waals surface area (Å²) in [5, 5.41) is 0. The Morgan fingerprint density at radius 1 is 0.692 bits per heavy atom. The maximum absolute atomic E-state index is 13.3. The van der Waals surface area contributed by atoms with Crippen LogP contribution in [0.15, 0.2) is 81.7 Å². The molecular formula is C20H14Br2N2O2. The quantitative estimate of drug-likeness (QED) is 0.559. The van der Waals surface area contributed by atoms with Crippen LogP contribution in [0.2, 0.25) is 0 Å². The van der Waals surface area contributed by atoms with Gasteiger partial charge in [0.05, 0.1) is 11.4 Å². The number of nitrogens with zero attached hydrogens (tertiary/aromatic N) is 1. The second-order valence-corrected chi connectivity index (χ2v) is 7.19. The van der Waals surface area contributed by atoms with Crippen molar-refractivity contribution < 1.29 is 9.59 Å². The molecule has 0 aliphatic heterocycles. The van der Waals surface area contributed by atoms with E-state index in [2.05, 4.69) is 31.9 Å². The summed E-state index contributed by atoms with van der Waals surface area (Å²) in [5.74, 6) is -0.753. The van der Waals surface area contributed by atoms with Crippen LogP contribution < -0.4 is 10.6 Å². The maximum atomic E-state index is 13.3. The second kappa shape index (κ2) is 7.85. The number of para-hydroxylation sites is 2. The van der Waals surface area contributed by atoms with E-state index in [-0.39, 0.29) is 5.91 Å². The molecule has 0 bridgehead atoms. The normalized spacial score (nSPS) is 10.4. The summed E-state index contributed by atoms with van der Waals surface area (Å²) in [5.41, 5.74) is 7.50. The number of anilines is 2. The van der Waals surface area contributed by atoms with Gasteiger partial charge in [0.2, 0.25) is 5.91 Å². The van der Waals surface area contributed by atoms with E-state index in [0.717, 1.165) is 8.95 Å². The number of hydrogen-bond acceptors (Lipinski definition) is 2. The summed E-state index contributed by atoms with van der Waals surface area (Å²) >= 11 is 7.04. The molecule has 4 nitrogen and oxygen atoms in total. The monoisotopic (exact) mass is 472 g/mol. The van der Waals surface area contributed by atoms with Crippen molar-refractivity contribution in [1.29, 1.82) is 0 Å². The van der Waals surface area contributed by atoms with E-state index in [4.69, 9.17) is 5.73 Å². The first kappa shape index (κ1) is 18.4. The SMILES string of the molecule is NC(=O)c1ccc(C(=O)N(c2ccccc2Br)c2ccccc2Br)cc1. The van der Waals surface area contributed by atoms with E-state index in [1.54, 1.807) is 29.2 Å². The van der Waals surface area contributed by atoms with Crippen LogP contribution >= 0.6 is 31.9 Å². The molecule has 0 radical (unpaired) electrons. The van der Waals surface area contributed by atoms with Crippen molar-refractivity contribution in [3.63, 3.8) is 0 Å². The zero-order valence-corrected chi connectivity index (χ0v) is 16.7. The number of primary amides is 1. The number of rotatable bonds is 4. The molecule has 0 aromatic heterocycles. The topological polar surface area (TPSA) is 63.4 Å². The third-order valence-corrected chi connectivity index (χ3v) is 5.15. The third-order valence-electron chi connectivity index (χ3n) is 3.81. The molecule has 130 valence electrons. The number of carbonyl (C=O) groups is 2. The summed E-state index contributed by atoms with van der Waals surface area (Å²) < 4.78 is 1.58. The fraction of sp³-hybridized carbons (Fsp3) is 0. The van der Waals surface area contributed by atoms with Gasteiger partial charge in [-0.15, -0.1) is 0 Å². The Morgan fingerprint density at radius 3 is 1.54 bits per heavy atom. The van der Waals surface area contributed by atoms with E-state index in [0.29, 0.717) is 22.5 Å². The molecular weight excluding hydrogens is 460 g/mol. The molecule has 3 aromatic carbocycles. The van der Waals surface area contributed by atoms with Crippen LogP contribution in [-0.2, 0) is 0 Å². The van der Waals surface area contributed by atoms with E-state index in [1.165, 1.54) is 0 Å². The van der Waals surface area contributed by atoms with E-state index < -0.39 is 5.91 Å². The zero-order chi connectivity index (χ0) is 18.7. The number of amides is 2. The van der Waals surface area contributed by atoms with Crippen molar-refractivity contribution in [1.82, 2.24) is 0 Å². The standard InChI is InChI=1S/C20H14Br2N2O2/c21-15-5-1-3-7-17(15)24(18-8-4-2-6-16(18)22)20(26)14-11-9-13(10-12-14)19(23)25/h1-12H,(H2,23,25). The van der Waals surface area contributed by atoms with Crippen LogP contribution in [0.3, 0.4) is 0 Å². The Labute approximate surface area is 167 Å². The van der Waals surface area contributed by atoms with Crippen molar-refractivity contribution in [2.45, 2.75) is 0 Å². The van der Waals surface area contributed by atoms with Gasteiger partial charge in [0.15, 0.2) is 0 Å². The lowest BCUT2D eigenvalue weighted by atomic mass is 10.1. The molecule has 0 saturated heterocycles. The summed E-state index contributed by atoms with van der Waals surface area (Å²) in [4.78, 5) is 26.2. The molecule has 0 saturated carbocycles. The number of halogens is 2. The fourth-order valence-electron chi connectivity index (χ4n) is 2.52. The van der Waals surface area contributed by atoms with Crippen molar-refractivity contribution in [3.05, 3.63) is 92.9 Å². The molecule has 0 unspecified atom stereocenters. The predicted molar refractivity (Wildman–Crippen MR) is 110 cm³/mol. The first-order chi connectivity index (χ1) is 12.5. The summed E-state index contributed by atoms with van der Waals surface area (Å²) in [6, 6.07) is 21.3. The number of carbonyl (C=O) groups excluding carboxylic acids is 2. The average Bonchev–Trinajstić information content (AvgIpc) is 2.65. The third kappa shape index (κ3) is 3.71. The molecule has 6 heteroatoms. The van der Waals surface area contributed by atoms with Crippen LogP contribution in [0.25, 0.3) is 0 Å². The van der Waals surface area contributed by atoms with Gasteiger partial charge >= 0.3 is 0 Å². The first-order valence-electron chi connectivity index (χ1n) is 7.72. The van der Waals surface area contributed by atoms with Crippen LogP contribution in [0.4, 0.5) is 11.4 Å². The Balaban J connectivity index is 2.12. The highest BCUT2D eigenvalue weighted by atomic mass is 79.9. The molecule has 2 N–H and O–H groups in total. The van der Waals surface area contributed by atoms with E-state index in [9.17, 15) is 9.59 Å². The minimum Gasteiger partial charge on any atom is -0.366 e. The minimum absolute atomic E-state index is 0.222. The molecule has 0 atom stereocenters. The Kier molecular flexibility index (Phi) is 5.54. The van der Waals surface area contributed by atoms with Gasteiger partial charge in [0.1, 0.15) is 0 Å². The van der Waals surface area contributed by atoms with Crippen LogP contribution in [0.1, 0.15) is 20.7 Å². The summed E-state index contributed by atoms with van der Waals surface area (Å²) in [6.45, 7) is 0.